The Morgan fingerprint density at radius 3 is 1.80 bits per heavy atom. The van der Waals surface area contributed by atoms with Gasteiger partial charge in [0.05, 0.1) is 6.67 Å². The summed E-state index contributed by atoms with van der Waals surface area (Å²) in [6.45, 7) is 23.0. The SMILES string of the molecule is C=NN(CN(CC(CC)CCCC)CC(CC)CCCC)/C(C)=C(C)/C=C\CCC. The lowest BCUT2D eigenvalue weighted by Gasteiger charge is -2.34. The summed E-state index contributed by atoms with van der Waals surface area (Å²) in [6.07, 6.45) is 17.3. The monoisotopic (exact) mass is 419 g/mol. The van der Waals surface area contributed by atoms with E-state index in [0.29, 0.717) is 0 Å². The first kappa shape index (κ1) is 28.9. The Morgan fingerprint density at radius 1 is 0.867 bits per heavy atom. The minimum absolute atomic E-state index is 0.773. The van der Waals surface area contributed by atoms with Gasteiger partial charge < -0.3 is 0 Å². The standard InChI is InChI=1S/C27H53N3/c1-9-14-17-18-24(6)25(7)30(28-8)23-29(21-26(12-4)19-15-10-2)22-27(13-5)20-16-11-3/h17-18,26-27H,8-16,19-23H2,1-7H3/b18-17-,25-24+. The lowest BCUT2D eigenvalue weighted by molar-refractivity contribution is 0.115. The van der Waals surface area contributed by atoms with Crippen molar-refractivity contribution in [3.63, 3.8) is 0 Å². The molecular formula is C27H53N3. The topological polar surface area (TPSA) is 18.8 Å². The molecule has 0 heterocycles. The Morgan fingerprint density at radius 2 is 1.40 bits per heavy atom. The highest BCUT2D eigenvalue weighted by molar-refractivity contribution is 5.26. The first-order chi connectivity index (χ1) is 14.5. The van der Waals surface area contributed by atoms with E-state index in [1.807, 2.05) is 0 Å². The number of nitrogens with zero attached hydrogens (tertiary/aromatic N) is 3. The molecule has 0 bridgehead atoms. The van der Waals surface area contributed by atoms with Gasteiger partial charge in [-0.05, 0) is 50.5 Å². The van der Waals surface area contributed by atoms with Gasteiger partial charge in [-0.15, -0.1) is 0 Å². The molecule has 0 spiro atoms. The fraction of sp³-hybridized carbons (Fsp3) is 0.815. The number of rotatable bonds is 19. The van der Waals surface area contributed by atoms with Gasteiger partial charge in [0.2, 0.25) is 0 Å². The summed E-state index contributed by atoms with van der Waals surface area (Å²) in [5.74, 6) is 1.55. The molecule has 0 aromatic carbocycles. The maximum Gasteiger partial charge on any atom is 0.0931 e. The molecule has 0 amide bonds. The highest BCUT2D eigenvalue weighted by Crippen LogP contribution is 2.21. The van der Waals surface area contributed by atoms with Crippen LogP contribution in [0.2, 0.25) is 0 Å². The number of allylic oxidation sites excluding steroid dienone is 4. The number of hydrogen-bond donors (Lipinski definition) is 0. The molecule has 0 aromatic rings. The van der Waals surface area contributed by atoms with Gasteiger partial charge in [0.1, 0.15) is 0 Å². The van der Waals surface area contributed by atoms with E-state index >= 15 is 0 Å². The molecule has 0 radical (unpaired) electrons. The van der Waals surface area contributed by atoms with Gasteiger partial charge in [-0.25, -0.2) is 0 Å². The number of hydrogen-bond acceptors (Lipinski definition) is 3. The number of unbranched alkanes of at least 4 members (excludes halogenated alkanes) is 3. The van der Waals surface area contributed by atoms with Crippen LogP contribution < -0.4 is 0 Å². The summed E-state index contributed by atoms with van der Waals surface area (Å²) in [7, 11) is 0. The van der Waals surface area contributed by atoms with Crippen molar-refractivity contribution < 1.29 is 0 Å². The number of hydrazone groups is 1. The zero-order chi connectivity index (χ0) is 22.8. The Balaban J connectivity index is 5.41. The predicted octanol–water partition coefficient (Wildman–Crippen LogP) is 8.25. The van der Waals surface area contributed by atoms with Gasteiger partial charge in [-0.3, -0.25) is 9.91 Å². The molecule has 0 aliphatic rings. The van der Waals surface area contributed by atoms with Crippen LogP contribution in [-0.2, 0) is 0 Å². The van der Waals surface area contributed by atoms with E-state index in [9.17, 15) is 0 Å². The molecular weight excluding hydrogens is 366 g/mol. The molecule has 0 aromatic heterocycles. The van der Waals surface area contributed by atoms with E-state index in [1.54, 1.807) is 0 Å². The zero-order valence-electron chi connectivity index (χ0n) is 21.6. The van der Waals surface area contributed by atoms with E-state index in [0.717, 1.165) is 24.9 Å². The fourth-order valence-electron chi connectivity index (χ4n) is 3.95. The Hall–Kier alpha value is -1.09. The summed E-state index contributed by atoms with van der Waals surface area (Å²) in [5, 5.41) is 6.53. The normalized spacial score (nSPS) is 14.8. The van der Waals surface area contributed by atoms with Crippen molar-refractivity contribution in [1.29, 1.82) is 0 Å². The molecule has 30 heavy (non-hydrogen) atoms. The maximum atomic E-state index is 4.42. The molecule has 0 N–H and O–H groups in total. The van der Waals surface area contributed by atoms with Crippen LogP contribution in [-0.4, -0.2) is 36.4 Å². The van der Waals surface area contributed by atoms with Crippen molar-refractivity contribution >= 4 is 6.72 Å². The Bertz CT molecular complexity index is 462. The van der Waals surface area contributed by atoms with Crippen LogP contribution in [0.25, 0.3) is 0 Å². The van der Waals surface area contributed by atoms with Gasteiger partial charge in [-0.2, -0.15) is 5.10 Å². The third-order valence-corrected chi connectivity index (χ3v) is 6.41. The van der Waals surface area contributed by atoms with Crippen molar-refractivity contribution in [2.24, 2.45) is 16.9 Å². The van der Waals surface area contributed by atoms with Crippen molar-refractivity contribution in [1.82, 2.24) is 9.91 Å². The van der Waals surface area contributed by atoms with Crippen LogP contribution in [0.3, 0.4) is 0 Å². The van der Waals surface area contributed by atoms with Crippen LogP contribution >= 0.6 is 0 Å². The van der Waals surface area contributed by atoms with E-state index < -0.39 is 0 Å². The molecule has 0 aliphatic heterocycles. The Kier molecular flexibility index (Phi) is 18.0. The lowest BCUT2D eigenvalue weighted by Crippen LogP contribution is -2.40. The van der Waals surface area contributed by atoms with E-state index in [2.05, 4.69) is 82.3 Å². The van der Waals surface area contributed by atoms with Crippen molar-refractivity contribution in [2.75, 3.05) is 19.8 Å². The molecule has 0 fully saturated rings. The third kappa shape index (κ3) is 12.6. The van der Waals surface area contributed by atoms with Crippen LogP contribution in [0.1, 0.15) is 113 Å². The summed E-state index contributed by atoms with van der Waals surface area (Å²) in [5.41, 5.74) is 2.50. The summed E-state index contributed by atoms with van der Waals surface area (Å²) < 4.78 is 0. The Labute approximate surface area is 189 Å². The summed E-state index contributed by atoms with van der Waals surface area (Å²) in [4.78, 5) is 2.66. The van der Waals surface area contributed by atoms with Crippen molar-refractivity contribution in [3.05, 3.63) is 23.4 Å². The second kappa shape index (κ2) is 18.7. The molecule has 3 nitrogen and oxygen atoms in total. The average molecular weight is 420 g/mol. The zero-order valence-corrected chi connectivity index (χ0v) is 21.6. The van der Waals surface area contributed by atoms with E-state index in [1.165, 1.54) is 82.1 Å². The molecule has 0 aliphatic carbocycles. The molecule has 2 unspecified atom stereocenters. The molecule has 176 valence electrons. The average Bonchev–Trinajstić information content (AvgIpc) is 2.76. The highest BCUT2D eigenvalue weighted by Gasteiger charge is 2.19. The quantitative estimate of drug-likeness (QED) is 0.0908. The maximum absolute atomic E-state index is 4.42. The van der Waals surface area contributed by atoms with Crippen LogP contribution in [0.15, 0.2) is 28.5 Å². The van der Waals surface area contributed by atoms with Crippen LogP contribution in [0, 0.1) is 11.8 Å². The first-order valence-corrected chi connectivity index (χ1v) is 12.8. The first-order valence-electron chi connectivity index (χ1n) is 12.8. The lowest BCUT2D eigenvalue weighted by atomic mass is 9.96. The fourth-order valence-corrected chi connectivity index (χ4v) is 3.95. The molecule has 2 atom stereocenters. The van der Waals surface area contributed by atoms with Crippen molar-refractivity contribution in [3.8, 4) is 0 Å². The molecule has 0 saturated carbocycles. The van der Waals surface area contributed by atoms with Gasteiger partial charge in [0.25, 0.3) is 0 Å². The van der Waals surface area contributed by atoms with Gasteiger partial charge in [0.15, 0.2) is 0 Å². The third-order valence-electron chi connectivity index (χ3n) is 6.41. The second-order valence-corrected chi connectivity index (χ2v) is 9.01. The van der Waals surface area contributed by atoms with Gasteiger partial charge in [-0.1, -0.05) is 91.7 Å². The molecule has 3 heteroatoms. The van der Waals surface area contributed by atoms with E-state index in [-0.39, 0.29) is 0 Å². The highest BCUT2D eigenvalue weighted by atomic mass is 15.5. The van der Waals surface area contributed by atoms with Gasteiger partial charge >= 0.3 is 0 Å². The predicted molar refractivity (Wildman–Crippen MR) is 137 cm³/mol. The molecule has 0 saturated heterocycles. The van der Waals surface area contributed by atoms with Crippen LogP contribution in [0.4, 0.5) is 0 Å². The van der Waals surface area contributed by atoms with Crippen molar-refractivity contribution in [2.45, 2.75) is 113 Å². The minimum Gasteiger partial charge on any atom is -0.284 e. The van der Waals surface area contributed by atoms with Gasteiger partial charge in [0, 0.05) is 25.5 Å². The largest absolute Gasteiger partial charge is 0.284 e. The van der Waals surface area contributed by atoms with E-state index in [4.69, 9.17) is 0 Å². The smallest absolute Gasteiger partial charge is 0.0931 e. The summed E-state index contributed by atoms with van der Waals surface area (Å²) >= 11 is 0. The van der Waals surface area contributed by atoms with Crippen LogP contribution in [0.5, 0.6) is 0 Å². The molecule has 0 rings (SSSR count). The summed E-state index contributed by atoms with van der Waals surface area (Å²) in [6, 6.07) is 0. The minimum atomic E-state index is 0.773. The second-order valence-electron chi connectivity index (χ2n) is 9.01.